The topological polar surface area (TPSA) is 54.4 Å². The Hall–Kier alpha value is -0.650. The number of sulfone groups is 1. The molecule has 0 amide bonds. The van der Waals surface area contributed by atoms with Gasteiger partial charge in [-0.1, -0.05) is 30.2 Å². The average Bonchev–Trinajstić information content (AvgIpc) is 2.40. The molecule has 1 aromatic carbocycles. The molecule has 0 aromatic heterocycles. The first-order chi connectivity index (χ1) is 9.30. The lowest BCUT2D eigenvalue weighted by atomic mass is 9.82. The third-order valence-corrected chi connectivity index (χ3v) is 5.95. The van der Waals surface area contributed by atoms with Crippen molar-refractivity contribution in [2.45, 2.75) is 37.0 Å². The maximum atomic E-state index is 13.9. The molecule has 0 spiro atoms. The Labute approximate surface area is 123 Å². The Morgan fingerprint density at radius 1 is 1.40 bits per heavy atom. The van der Waals surface area contributed by atoms with Crippen LogP contribution in [0.3, 0.4) is 0 Å². The highest BCUT2D eigenvalue weighted by Crippen LogP contribution is 2.38. The van der Waals surface area contributed by atoms with E-state index in [0.29, 0.717) is 19.3 Å². The lowest BCUT2D eigenvalue weighted by Gasteiger charge is -2.31. The SMILES string of the molecule is CS(=O)(=O)C1CCCC(C(O)c2cccc(Cl)c2F)C1. The Balaban J connectivity index is 2.21. The van der Waals surface area contributed by atoms with E-state index in [9.17, 15) is 17.9 Å². The maximum Gasteiger partial charge on any atom is 0.150 e. The molecular weight excluding hydrogens is 303 g/mol. The van der Waals surface area contributed by atoms with Crippen molar-refractivity contribution in [2.24, 2.45) is 5.92 Å². The summed E-state index contributed by atoms with van der Waals surface area (Å²) in [6, 6.07) is 4.50. The van der Waals surface area contributed by atoms with Crippen LogP contribution in [-0.2, 0) is 9.84 Å². The average molecular weight is 321 g/mol. The summed E-state index contributed by atoms with van der Waals surface area (Å²) in [6.07, 6.45) is 2.59. The van der Waals surface area contributed by atoms with Crippen LogP contribution in [0.1, 0.15) is 37.4 Å². The Morgan fingerprint density at radius 3 is 2.75 bits per heavy atom. The maximum absolute atomic E-state index is 13.9. The van der Waals surface area contributed by atoms with Gasteiger partial charge in [0, 0.05) is 11.8 Å². The van der Waals surface area contributed by atoms with E-state index < -0.39 is 27.0 Å². The van der Waals surface area contributed by atoms with Gasteiger partial charge < -0.3 is 5.11 Å². The second-order valence-electron chi connectivity index (χ2n) is 5.47. The highest BCUT2D eigenvalue weighted by atomic mass is 35.5. The van der Waals surface area contributed by atoms with Gasteiger partial charge >= 0.3 is 0 Å². The molecule has 1 aliphatic rings. The van der Waals surface area contributed by atoms with Gasteiger partial charge in [-0.25, -0.2) is 12.8 Å². The molecule has 20 heavy (non-hydrogen) atoms. The van der Waals surface area contributed by atoms with Crippen LogP contribution in [0, 0.1) is 11.7 Å². The first-order valence-corrected chi connectivity index (χ1v) is 8.94. The molecular formula is C14H18ClFO3S. The third-order valence-electron chi connectivity index (χ3n) is 4.02. The van der Waals surface area contributed by atoms with Gasteiger partial charge in [0.25, 0.3) is 0 Å². The number of aliphatic hydroxyl groups excluding tert-OH is 1. The zero-order valence-electron chi connectivity index (χ0n) is 11.2. The largest absolute Gasteiger partial charge is 0.388 e. The molecule has 0 radical (unpaired) electrons. The van der Waals surface area contributed by atoms with E-state index in [0.717, 1.165) is 6.42 Å². The second-order valence-corrected chi connectivity index (χ2v) is 8.20. The van der Waals surface area contributed by atoms with E-state index in [4.69, 9.17) is 11.6 Å². The van der Waals surface area contributed by atoms with Crippen LogP contribution in [0.25, 0.3) is 0 Å². The predicted octanol–water partition coefficient (Wildman–Crippen LogP) is 3.12. The van der Waals surface area contributed by atoms with E-state index in [1.807, 2.05) is 0 Å². The fourth-order valence-electron chi connectivity index (χ4n) is 2.86. The molecule has 1 saturated carbocycles. The molecule has 3 nitrogen and oxygen atoms in total. The zero-order chi connectivity index (χ0) is 14.9. The summed E-state index contributed by atoms with van der Waals surface area (Å²) < 4.78 is 37.2. The van der Waals surface area contributed by atoms with Crippen LogP contribution in [-0.4, -0.2) is 25.0 Å². The molecule has 3 atom stereocenters. The van der Waals surface area contributed by atoms with E-state index in [1.54, 1.807) is 6.07 Å². The van der Waals surface area contributed by atoms with Gasteiger partial charge in [-0.05, 0) is 31.2 Å². The van der Waals surface area contributed by atoms with Gasteiger partial charge in [0.2, 0.25) is 0 Å². The van der Waals surface area contributed by atoms with Crippen molar-refractivity contribution in [3.05, 3.63) is 34.6 Å². The van der Waals surface area contributed by atoms with Crippen LogP contribution < -0.4 is 0 Å². The summed E-state index contributed by atoms with van der Waals surface area (Å²) in [6.45, 7) is 0. The normalized spacial score (nSPS) is 25.4. The summed E-state index contributed by atoms with van der Waals surface area (Å²) in [5.41, 5.74) is 0.150. The minimum atomic E-state index is -3.12. The number of halogens is 2. The lowest BCUT2D eigenvalue weighted by molar-refractivity contribution is 0.0825. The molecule has 2 rings (SSSR count). The first-order valence-electron chi connectivity index (χ1n) is 6.61. The quantitative estimate of drug-likeness (QED) is 0.931. The molecule has 6 heteroatoms. The van der Waals surface area contributed by atoms with Crippen LogP contribution in [0.2, 0.25) is 5.02 Å². The summed E-state index contributed by atoms with van der Waals surface area (Å²) in [5, 5.41) is 9.86. The van der Waals surface area contributed by atoms with Crippen LogP contribution in [0.15, 0.2) is 18.2 Å². The molecule has 1 fully saturated rings. The standard InChI is InChI=1S/C14H18ClFO3S/c1-20(18,19)10-5-2-4-9(8-10)14(17)11-6-3-7-12(15)13(11)16/h3,6-7,9-10,14,17H,2,4-5,8H2,1H3. The molecule has 112 valence electrons. The van der Waals surface area contributed by atoms with E-state index in [1.165, 1.54) is 18.4 Å². The number of aliphatic hydroxyl groups is 1. The molecule has 1 aliphatic carbocycles. The third kappa shape index (κ3) is 3.32. The monoisotopic (exact) mass is 320 g/mol. The second kappa shape index (κ2) is 6.00. The van der Waals surface area contributed by atoms with Gasteiger partial charge in [0.05, 0.1) is 16.4 Å². The van der Waals surface area contributed by atoms with Crippen molar-refractivity contribution in [3.63, 3.8) is 0 Å². The fourth-order valence-corrected chi connectivity index (χ4v) is 4.23. The lowest BCUT2D eigenvalue weighted by Crippen LogP contribution is -2.30. The van der Waals surface area contributed by atoms with Gasteiger partial charge in [-0.3, -0.25) is 0 Å². The minimum Gasteiger partial charge on any atom is -0.388 e. The van der Waals surface area contributed by atoms with Crippen LogP contribution in [0.4, 0.5) is 4.39 Å². The van der Waals surface area contributed by atoms with E-state index >= 15 is 0 Å². The number of rotatable bonds is 3. The first kappa shape index (κ1) is 15.7. The molecule has 1 N–H and O–H groups in total. The highest BCUT2D eigenvalue weighted by molar-refractivity contribution is 7.91. The van der Waals surface area contributed by atoms with Gasteiger partial charge in [-0.15, -0.1) is 0 Å². The van der Waals surface area contributed by atoms with E-state index in [-0.39, 0.29) is 16.5 Å². The van der Waals surface area contributed by atoms with Crippen LogP contribution in [0.5, 0.6) is 0 Å². The molecule has 0 aliphatic heterocycles. The van der Waals surface area contributed by atoms with Crippen LogP contribution >= 0.6 is 11.6 Å². The Kier molecular flexibility index (Phi) is 4.72. The van der Waals surface area contributed by atoms with Crippen molar-refractivity contribution in [3.8, 4) is 0 Å². The summed E-state index contributed by atoms with van der Waals surface area (Å²) in [5.74, 6) is -0.875. The van der Waals surface area contributed by atoms with Crippen molar-refractivity contribution >= 4 is 21.4 Å². The summed E-state index contributed by atoms with van der Waals surface area (Å²) in [7, 11) is -3.12. The van der Waals surface area contributed by atoms with Gasteiger partial charge in [-0.2, -0.15) is 0 Å². The van der Waals surface area contributed by atoms with Gasteiger partial charge in [0.1, 0.15) is 15.7 Å². The van der Waals surface area contributed by atoms with Crippen molar-refractivity contribution in [1.29, 1.82) is 0 Å². The molecule has 0 heterocycles. The Morgan fingerprint density at radius 2 is 2.10 bits per heavy atom. The van der Waals surface area contributed by atoms with Crippen molar-refractivity contribution in [1.82, 2.24) is 0 Å². The molecule has 1 aromatic rings. The highest BCUT2D eigenvalue weighted by Gasteiger charge is 2.34. The number of hydrogen-bond donors (Lipinski definition) is 1. The fraction of sp³-hybridized carbons (Fsp3) is 0.571. The minimum absolute atomic E-state index is 0.0305. The smallest absolute Gasteiger partial charge is 0.150 e. The number of hydrogen-bond acceptors (Lipinski definition) is 3. The predicted molar refractivity (Wildman–Crippen MR) is 77.0 cm³/mol. The van der Waals surface area contributed by atoms with E-state index in [2.05, 4.69) is 0 Å². The molecule has 0 saturated heterocycles. The summed E-state index contributed by atoms with van der Waals surface area (Å²) >= 11 is 5.72. The van der Waals surface area contributed by atoms with Crippen molar-refractivity contribution < 1.29 is 17.9 Å². The Bertz CT molecular complexity index is 588. The van der Waals surface area contributed by atoms with Gasteiger partial charge in [0.15, 0.2) is 0 Å². The molecule has 0 bridgehead atoms. The summed E-state index contributed by atoms with van der Waals surface area (Å²) in [4.78, 5) is 0. The molecule has 3 unspecified atom stereocenters. The zero-order valence-corrected chi connectivity index (χ0v) is 12.8. The van der Waals surface area contributed by atoms with Crippen molar-refractivity contribution in [2.75, 3.05) is 6.26 Å². The number of benzene rings is 1.